The molecule has 30 nitrogen and oxygen atoms in total. The predicted molar refractivity (Wildman–Crippen MR) is 463 cm³/mol. The molecule has 5 aliphatic heterocycles. The van der Waals surface area contributed by atoms with Gasteiger partial charge in [0.15, 0.2) is 17.0 Å². The van der Waals surface area contributed by atoms with E-state index in [0.29, 0.717) is 113 Å². The Balaban J connectivity index is 0.000000137. The molecule has 16 N–H and O–H groups in total. The second kappa shape index (κ2) is 33.8. The molecule has 0 aliphatic carbocycles. The van der Waals surface area contributed by atoms with Crippen LogP contribution in [0.1, 0.15) is 56.9 Å². The Hall–Kier alpha value is -11.4. The SMILES string of the molecule is CN(C)CC1(C(N)=O)CCN(c2c(-c3ccc4c(cnn4C)c3)cnc(N)c2Cl)CC1.CN1c2ccc(-c3cnc(N)c(Cl)c3N3CCC(F)(C(N)=O)CC3)cc2CS1(=O)=O.Cn1cc(-c2ccc(-c3cnc(N)c(Cl)c3N3CCC(F)(C(N)=O)CC3)cc2)cn1.Cn1ncc2cc(-c3cnc(N)c(Cl)c3N3CCC(F)(C(N)=O)CC3)ccc21. The van der Waals surface area contributed by atoms with Crippen molar-refractivity contribution in [3.05, 3.63) is 154 Å². The molecule has 0 atom stereocenters. The van der Waals surface area contributed by atoms with Crippen molar-refractivity contribution in [2.24, 2.45) is 49.5 Å². The van der Waals surface area contributed by atoms with Gasteiger partial charge in [-0.2, -0.15) is 15.3 Å². The molecule has 4 fully saturated rings. The monoisotopic (exact) mass is 1720 g/mol. The summed E-state index contributed by atoms with van der Waals surface area (Å²) in [5, 5.41) is 16.1. The third kappa shape index (κ3) is 17.2. The summed E-state index contributed by atoms with van der Waals surface area (Å²) in [5.74, 6) is -2.32. The number of nitrogen functional groups attached to an aromatic ring is 4. The van der Waals surface area contributed by atoms with Gasteiger partial charge in [0.1, 0.15) is 43.4 Å². The molecule has 11 aromatic rings. The standard InChI is InChI=1S/C22H28ClN7O.C21H22ClFN6O.C19H20ClFN6O.C19H21ClFN5O3S/c1-28(2)13-22(21(25)31)6-8-30(9-7-22)19-16(12-26-20(24)18(19)23)14-4-5-17-15(10-14)11-27-29(17)3;1-28-12-15(10-27-28)13-2-4-14(5-3-13)16-11-26-19(24)17(22)18(16)29-8-6-21(23,7-9-29)20(25)30;1-26-14-3-2-11(8-12(14)9-25-26)13-10-24-17(22)15(20)16(13)27-6-4-19(21,5-7-27)18(23)28;1-25-14-3-2-11(8-12(14)10-30(25,28)29)13-9-24-17(22)15(20)16(13)26-6-4-19(21,5-7-26)18(23)27/h4-5,10-12H,6-9,13H2,1-3H3,(H2,24,26)(H2,25,31);2-5,10-12H,6-9H2,1H3,(H2,24,26)(H2,25,30);2-3,8-10H,4-7H2,1H3,(H2,22,24)(H2,23,28);2-3,8-9H,4-7,10H2,1H3,(H2,22,24)(H2,23,27). The highest BCUT2D eigenvalue weighted by Gasteiger charge is 2.45. The van der Waals surface area contributed by atoms with E-state index in [2.05, 4.69) is 46.2 Å². The van der Waals surface area contributed by atoms with E-state index in [1.54, 1.807) is 64.7 Å². The van der Waals surface area contributed by atoms with Gasteiger partial charge in [0, 0.05) is 195 Å². The summed E-state index contributed by atoms with van der Waals surface area (Å²) in [7, 11) is 7.74. The number of primary amides is 4. The van der Waals surface area contributed by atoms with Crippen LogP contribution in [0, 0.1) is 5.41 Å². The fourth-order valence-corrected chi connectivity index (χ4v) is 18.4. The van der Waals surface area contributed by atoms with Gasteiger partial charge in [-0.1, -0.05) is 88.9 Å². The maximum absolute atomic E-state index is 14.6. The Bertz CT molecular complexity index is 5860. The normalized spacial score (nSPS) is 17.0. The maximum atomic E-state index is 14.6. The van der Waals surface area contributed by atoms with Gasteiger partial charge in [-0.3, -0.25) is 37.5 Å². The predicted octanol–water partition coefficient (Wildman–Crippen LogP) is 10.4. The van der Waals surface area contributed by atoms with E-state index >= 15 is 0 Å². The molecule has 5 aliphatic rings. The molecular weight excluding hydrogens is 1640 g/mol. The molecule has 4 saturated heterocycles. The van der Waals surface area contributed by atoms with Crippen LogP contribution in [0.25, 0.3) is 77.4 Å². The van der Waals surface area contributed by atoms with Crippen LogP contribution in [0.5, 0.6) is 0 Å². The number of anilines is 9. The number of pyridine rings is 4. The number of hydrogen-bond acceptors (Lipinski definition) is 22. The van der Waals surface area contributed by atoms with Crippen molar-refractivity contribution in [2.45, 2.75) is 74.1 Å². The number of halogens is 7. The van der Waals surface area contributed by atoms with Crippen LogP contribution in [0.4, 0.5) is 64.9 Å². The Morgan fingerprint density at radius 1 is 0.429 bits per heavy atom. The Labute approximate surface area is 704 Å². The average molecular weight is 1730 g/mol. The van der Waals surface area contributed by atoms with Gasteiger partial charge < -0.3 is 70.4 Å². The highest BCUT2D eigenvalue weighted by molar-refractivity contribution is 7.92. The Morgan fingerprint density at radius 3 is 1.09 bits per heavy atom. The lowest BCUT2D eigenvalue weighted by Crippen LogP contribution is -2.52. The zero-order chi connectivity index (χ0) is 85.7. The number of aryl methyl sites for hydroxylation is 3. The fraction of sp³-hybridized carbons (Fsp3) is 0.346. The minimum atomic E-state index is -3.37. The maximum Gasteiger partial charge on any atom is 0.255 e. The molecule has 4 aromatic carbocycles. The summed E-state index contributed by atoms with van der Waals surface area (Å²) >= 11 is 26.2. The number of piperidine rings is 4. The van der Waals surface area contributed by atoms with Crippen LogP contribution in [0.15, 0.2) is 128 Å². The van der Waals surface area contributed by atoms with E-state index in [1.165, 1.54) is 11.4 Å². The molecule has 16 rings (SSSR count). The lowest BCUT2D eigenvalue weighted by atomic mass is 9.77. The molecule has 0 bridgehead atoms. The first-order valence-electron chi connectivity index (χ1n) is 38.0. The summed E-state index contributed by atoms with van der Waals surface area (Å²) in [6.07, 6.45) is 15.2. The number of fused-ring (bicyclic) bond motifs is 3. The van der Waals surface area contributed by atoms with Gasteiger partial charge in [-0.15, -0.1) is 0 Å². The first-order chi connectivity index (χ1) is 56.3. The molecule has 119 heavy (non-hydrogen) atoms. The van der Waals surface area contributed by atoms with Crippen LogP contribution >= 0.6 is 46.4 Å². The van der Waals surface area contributed by atoms with Crippen molar-refractivity contribution in [2.75, 3.05) is 127 Å². The number of benzene rings is 4. The second-order valence-corrected chi connectivity index (χ2v) is 34.3. The van der Waals surface area contributed by atoms with Crippen LogP contribution in [-0.4, -0.2) is 183 Å². The molecule has 0 spiro atoms. The van der Waals surface area contributed by atoms with Crippen molar-refractivity contribution in [1.29, 1.82) is 0 Å². The van der Waals surface area contributed by atoms with Gasteiger partial charge in [-0.25, -0.2) is 41.5 Å². The van der Waals surface area contributed by atoms with Crippen LogP contribution in [-0.2, 0) is 56.1 Å². The highest BCUT2D eigenvalue weighted by Crippen LogP contribution is 2.49. The quantitative estimate of drug-likeness (QED) is 0.0473. The van der Waals surface area contributed by atoms with Gasteiger partial charge >= 0.3 is 0 Å². The van der Waals surface area contributed by atoms with E-state index < -0.39 is 50.2 Å². The molecule has 626 valence electrons. The number of carbonyl (C=O) groups excluding carboxylic acids is 4. The number of nitrogens with zero attached hydrogens (tertiary/aromatic N) is 16. The smallest absolute Gasteiger partial charge is 0.255 e. The van der Waals surface area contributed by atoms with Crippen LogP contribution in [0.3, 0.4) is 0 Å². The zero-order valence-electron chi connectivity index (χ0n) is 66.1. The Morgan fingerprint density at radius 2 is 0.756 bits per heavy atom. The summed E-state index contributed by atoms with van der Waals surface area (Å²) in [5.41, 5.74) is 53.6. The van der Waals surface area contributed by atoms with Gasteiger partial charge in [0.2, 0.25) is 15.9 Å². The first-order valence-corrected chi connectivity index (χ1v) is 41.2. The van der Waals surface area contributed by atoms with Gasteiger partial charge in [0.25, 0.3) is 17.7 Å². The fourth-order valence-electron chi connectivity index (χ4n) is 16.0. The summed E-state index contributed by atoms with van der Waals surface area (Å²) in [4.78, 5) is 73.4. The van der Waals surface area contributed by atoms with E-state index in [-0.39, 0.29) is 85.8 Å². The number of rotatable bonds is 15. The average Bonchev–Trinajstić information content (AvgIpc) is 1.74. The van der Waals surface area contributed by atoms with Crippen molar-refractivity contribution < 1.29 is 40.8 Å². The van der Waals surface area contributed by atoms with Crippen molar-refractivity contribution >= 4 is 154 Å². The third-order valence-electron chi connectivity index (χ3n) is 23.0. The number of nitrogens with two attached hydrogens (primary N) is 8. The van der Waals surface area contributed by atoms with E-state index in [1.807, 2.05) is 127 Å². The molecule has 0 saturated carbocycles. The molecule has 12 heterocycles. The Kier molecular flexibility index (Phi) is 24.2. The molecule has 0 radical (unpaired) electrons. The van der Waals surface area contributed by atoms with Crippen LogP contribution in [0.2, 0.25) is 20.1 Å². The van der Waals surface area contributed by atoms with E-state index in [9.17, 15) is 40.8 Å². The first kappa shape index (κ1) is 85.5. The third-order valence-corrected chi connectivity index (χ3v) is 26.2. The van der Waals surface area contributed by atoms with Gasteiger partial charge in [-0.05, 0) is 96.7 Å². The summed E-state index contributed by atoms with van der Waals surface area (Å²) < 4.78 is 74.8. The minimum Gasteiger partial charge on any atom is -0.382 e. The molecule has 38 heteroatoms. The second-order valence-electron chi connectivity index (χ2n) is 30.8. The summed E-state index contributed by atoms with van der Waals surface area (Å²) in [6, 6.07) is 25.4. The van der Waals surface area contributed by atoms with Gasteiger partial charge in [0.05, 0.1) is 69.2 Å². The number of aromatic nitrogens is 10. The lowest BCUT2D eigenvalue weighted by Gasteiger charge is -2.42. The number of hydrogen-bond donors (Lipinski definition) is 8. The largest absolute Gasteiger partial charge is 0.382 e. The van der Waals surface area contributed by atoms with Crippen molar-refractivity contribution in [1.82, 2.24) is 54.2 Å². The van der Waals surface area contributed by atoms with E-state index in [0.717, 1.165) is 77.6 Å². The minimum absolute atomic E-state index is 0.000273. The number of sulfonamides is 1. The van der Waals surface area contributed by atoms with Crippen LogP contribution < -0.4 is 69.8 Å². The van der Waals surface area contributed by atoms with Crippen molar-refractivity contribution in [3.63, 3.8) is 0 Å². The zero-order valence-corrected chi connectivity index (χ0v) is 70.0. The topological polar surface area (TPSA) is 435 Å². The molecule has 4 amide bonds. The lowest BCUT2D eigenvalue weighted by molar-refractivity contribution is -0.131. The number of amides is 4. The summed E-state index contributed by atoms with van der Waals surface area (Å²) in [6.45, 7) is 3.56. The van der Waals surface area contributed by atoms with Crippen molar-refractivity contribution in [3.8, 4) is 55.6 Å². The molecular formula is C81H91Cl4F3N24O6S. The number of alkyl halides is 3. The highest BCUT2D eigenvalue weighted by atomic mass is 35.5. The molecule has 7 aromatic heterocycles. The molecule has 0 unspecified atom stereocenters. The van der Waals surface area contributed by atoms with E-state index in [4.69, 9.17) is 92.3 Å². The number of carbonyl (C=O) groups is 4.